The number of hydrogen-bond acceptors (Lipinski definition) is 5. The Kier molecular flexibility index (Phi) is 5.22. The minimum absolute atomic E-state index is 0.00830. The molecule has 1 amide bonds. The van der Waals surface area contributed by atoms with Gasteiger partial charge in [-0.15, -0.1) is 0 Å². The third-order valence-electron chi connectivity index (χ3n) is 4.71. The molecule has 30 heavy (non-hydrogen) atoms. The minimum Gasteiger partial charge on any atom is -0.507 e. The second-order valence-electron chi connectivity index (χ2n) is 6.98. The zero-order valence-electron chi connectivity index (χ0n) is 16.6. The molecule has 7 heteroatoms. The van der Waals surface area contributed by atoms with Crippen molar-refractivity contribution in [2.45, 2.75) is 13.8 Å². The number of carbonyl (C=O) groups is 1. The maximum Gasteiger partial charge on any atom is 0.259 e. The fraction of sp³-hybridized carbons (Fsp3) is 0.130. The molecule has 2 N–H and O–H groups in total. The molecular formula is C23H19BrN2O4. The van der Waals surface area contributed by atoms with E-state index in [1.807, 2.05) is 26.0 Å². The number of carbonyl (C=O) groups excluding carboxylic acids is 1. The number of phenols is 1. The van der Waals surface area contributed by atoms with Gasteiger partial charge in [-0.2, -0.15) is 0 Å². The Labute approximate surface area is 181 Å². The fourth-order valence-electron chi connectivity index (χ4n) is 3.33. The van der Waals surface area contributed by atoms with E-state index < -0.39 is 0 Å². The van der Waals surface area contributed by atoms with Crippen molar-refractivity contribution in [1.29, 1.82) is 0 Å². The van der Waals surface area contributed by atoms with Crippen molar-refractivity contribution in [2.75, 3.05) is 12.4 Å². The number of rotatable bonds is 4. The summed E-state index contributed by atoms with van der Waals surface area (Å²) in [6.07, 6.45) is 0. The number of ether oxygens (including phenoxy) is 1. The first kappa shape index (κ1) is 20.0. The van der Waals surface area contributed by atoms with E-state index in [9.17, 15) is 9.90 Å². The number of benzene rings is 3. The van der Waals surface area contributed by atoms with E-state index >= 15 is 0 Å². The molecule has 0 aliphatic rings. The lowest BCUT2D eigenvalue weighted by Gasteiger charge is -2.11. The number of phenolic OH excluding ortho intramolecular Hbond substituents is 1. The van der Waals surface area contributed by atoms with E-state index in [1.54, 1.807) is 30.3 Å². The number of halogens is 1. The summed E-state index contributed by atoms with van der Waals surface area (Å²) in [7, 11) is 1.51. The van der Waals surface area contributed by atoms with Crippen molar-refractivity contribution >= 4 is 38.6 Å². The fourth-order valence-corrected chi connectivity index (χ4v) is 3.69. The SMILES string of the molecule is COc1ccc(Br)cc1C(=O)Nc1ccc(O)c(-c2nc3cc(C)cc(C)c3o2)c1. The predicted molar refractivity (Wildman–Crippen MR) is 119 cm³/mol. The standard InChI is InChI=1S/C23H19BrN2O4/c1-12-8-13(2)21-18(9-12)26-23(30-21)16-11-15(5-6-19(16)27)25-22(28)17-10-14(24)4-7-20(17)29-3/h4-11,27H,1-3H3,(H,25,28). The highest BCUT2D eigenvalue weighted by molar-refractivity contribution is 9.10. The molecule has 0 aliphatic carbocycles. The quantitative estimate of drug-likeness (QED) is 0.369. The van der Waals surface area contributed by atoms with Crippen molar-refractivity contribution in [3.8, 4) is 23.0 Å². The van der Waals surface area contributed by atoms with E-state index in [1.165, 1.54) is 13.2 Å². The molecule has 0 fully saturated rings. The number of oxazole rings is 1. The first-order chi connectivity index (χ1) is 14.4. The summed E-state index contributed by atoms with van der Waals surface area (Å²) in [5, 5.41) is 13.2. The molecule has 4 rings (SSSR count). The lowest BCUT2D eigenvalue weighted by atomic mass is 10.1. The molecule has 1 heterocycles. The Morgan fingerprint density at radius 1 is 1.13 bits per heavy atom. The van der Waals surface area contributed by atoms with Gasteiger partial charge >= 0.3 is 0 Å². The molecular weight excluding hydrogens is 448 g/mol. The van der Waals surface area contributed by atoms with Crippen molar-refractivity contribution in [3.05, 3.63) is 69.7 Å². The Morgan fingerprint density at radius 3 is 2.70 bits per heavy atom. The van der Waals surface area contributed by atoms with Gasteiger partial charge in [-0.25, -0.2) is 4.98 Å². The summed E-state index contributed by atoms with van der Waals surface area (Å²) in [5.41, 5.74) is 4.70. The van der Waals surface area contributed by atoms with E-state index in [4.69, 9.17) is 9.15 Å². The molecule has 0 spiro atoms. The van der Waals surface area contributed by atoms with Gasteiger partial charge in [0.15, 0.2) is 5.58 Å². The largest absolute Gasteiger partial charge is 0.507 e. The normalized spacial score (nSPS) is 10.9. The second kappa shape index (κ2) is 7.84. The molecule has 0 bridgehead atoms. The van der Waals surface area contributed by atoms with Crippen LogP contribution in [-0.2, 0) is 0 Å². The predicted octanol–water partition coefficient (Wildman–Crippen LogP) is 5.84. The second-order valence-corrected chi connectivity index (χ2v) is 7.90. The number of amides is 1. The number of aromatic nitrogens is 1. The van der Waals surface area contributed by atoms with Crippen LogP contribution in [0.3, 0.4) is 0 Å². The monoisotopic (exact) mass is 466 g/mol. The lowest BCUT2D eigenvalue weighted by Crippen LogP contribution is -2.13. The van der Waals surface area contributed by atoms with Gasteiger partial charge in [0.1, 0.15) is 17.0 Å². The number of fused-ring (bicyclic) bond motifs is 1. The maximum absolute atomic E-state index is 12.8. The average Bonchev–Trinajstić information content (AvgIpc) is 3.13. The Bertz CT molecular complexity index is 1280. The Balaban J connectivity index is 1.70. The van der Waals surface area contributed by atoms with Crippen LogP contribution in [0.15, 0.2) is 57.4 Å². The number of aromatic hydroxyl groups is 1. The smallest absolute Gasteiger partial charge is 0.259 e. The van der Waals surface area contributed by atoms with Crippen molar-refractivity contribution in [2.24, 2.45) is 0 Å². The highest BCUT2D eigenvalue weighted by Crippen LogP contribution is 2.35. The number of anilines is 1. The summed E-state index contributed by atoms with van der Waals surface area (Å²) < 4.78 is 11.9. The Morgan fingerprint density at radius 2 is 1.93 bits per heavy atom. The highest BCUT2D eigenvalue weighted by atomic mass is 79.9. The zero-order chi connectivity index (χ0) is 21.4. The van der Waals surface area contributed by atoms with Gasteiger partial charge < -0.3 is 19.6 Å². The van der Waals surface area contributed by atoms with Gasteiger partial charge in [-0.1, -0.05) is 22.0 Å². The minimum atomic E-state index is -0.339. The van der Waals surface area contributed by atoms with Gasteiger partial charge in [0.05, 0.1) is 18.2 Å². The molecule has 3 aromatic carbocycles. The van der Waals surface area contributed by atoms with Crippen LogP contribution in [0, 0.1) is 13.8 Å². The average molecular weight is 467 g/mol. The van der Waals surface area contributed by atoms with Crippen molar-refractivity contribution in [1.82, 2.24) is 4.98 Å². The topological polar surface area (TPSA) is 84.6 Å². The van der Waals surface area contributed by atoms with E-state index in [0.29, 0.717) is 28.1 Å². The first-order valence-electron chi connectivity index (χ1n) is 9.22. The molecule has 0 radical (unpaired) electrons. The summed E-state index contributed by atoms with van der Waals surface area (Å²) in [4.78, 5) is 17.3. The molecule has 152 valence electrons. The van der Waals surface area contributed by atoms with Crippen LogP contribution >= 0.6 is 15.9 Å². The van der Waals surface area contributed by atoms with Crippen LogP contribution in [0.2, 0.25) is 0 Å². The molecule has 0 atom stereocenters. The molecule has 0 saturated carbocycles. The van der Waals surface area contributed by atoms with E-state index in [0.717, 1.165) is 21.1 Å². The lowest BCUT2D eigenvalue weighted by molar-refractivity contribution is 0.102. The number of aryl methyl sites for hydroxylation is 2. The summed E-state index contributed by atoms with van der Waals surface area (Å²) in [6, 6.07) is 13.9. The number of hydrogen-bond donors (Lipinski definition) is 2. The van der Waals surface area contributed by atoms with Gasteiger partial charge in [-0.05, 0) is 67.4 Å². The van der Waals surface area contributed by atoms with E-state index in [2.05, 4.69) is 26.2 Å². The van der Waals surface area contributed by atoms with Gasteiger partial charge in [0, 0.05) is 10.2 Å². The van der Waals surface area contributed by atoms with Gasteiger partial charge in [0.2, 0.25) is 5.89 Å². The van der Waals surface area contributed by atoms with Crippen LogP contribution in [0.4, 0.5) is 5.69 Å². The number of nitrogens with one attached hydrogen (secondary N) is 1. The van der Waals surface area contributed by atoms with Crippen LogP contribution < -0.4 is 10.1 Å². The molecule has 0 saturated heterocycles. The summed E-state index contributed by atoms with van der Waals surface area (Å²) in [6.45, 7) is 3.94. The van der Waals surface area contributed by atoms with E-state index in [-0.39, 0.29) is 17.5 Å². The van der Waals surface area contributed by atoms with Crippen molar-refractivity contribution < 1.29 is 19.1 Å². The molecule has 6 nitrogen and oxygen atoms in total. The van der Waals surface area contributed by atoms with Crippen LogP contribution in [0.5, 0.6) is 11.5 Å². The molecule has 0 unspecified atom stereocenters. The summed E-state index contributed by atoms with van der Waals surface area (Å²) in [5.74, 6) is 0.412. The van der Waals surface area contributed by atoms with Crippen LogP contribution in [-0.4, -0.2) is 23.1 Å². The van der Waals surface area contributed by atoms with Crippen LogP contribution in [0.1, 0.15) is 21.5 Å². The zero-order valence-corrected chi connectivity index (χ0v) is 18.2. The Hall–Kier alpha value is -3.32. The van der Waals surface area contributed by atoms with Gasteiger partial charge in [0.25, 0.3) is 5.91 Å². The number of nitrogens with zero attached hydrogens (tertiary/aromatic N) is 1. The molecule has 4 aromatic rings. The first-order valence-corrected chi connectivity index (χ1v) is 10.0. The maximum atomic E-state index is 12.8. The highest BCUT2D eigenvalue weighted by Gasteiger charge is 2.17. The molecule has 1 aromatic heterocycles. The third kappa shape index (κ3) is 3.76. The molecule has 0 aliphatic heterocycles. The van der Waals surface area contributed by atoms with Crippen LogP contribution in [0.25, 0.3) is 22.6 Å². The number of methoxy groups -OCH3 is 1. The third-order valence-corrected chi connectivity index (χ3v) is 5.20. The van der Waals surface area contributed by atoms with Crippen molar-refractivity contribution in [3.63, 3.8) is 0 Å². The van der Waals surface area contributed by atoms with Gasteiger partial charge in [-0.3, -0.25) is 4.79 Å². The summed E-state index contributed by atoms with van der Waals surface area (Å²) >= 11 is 3.37.